The number of rotatable bonds is 0. The van der Waals surface area contributed by atoms with Crippen LogP contribution in [-0.2, 0) is 28.5 Å². The van der Waals surface area contributed by atoms with E-state index in [1.165, 1.54) is 12.2 Å². The van der Waals surface area contributed by atoms with E-state index in [1.807, 2.05) is 12.2 Å². The van der Waals surface area contributed by atoms with Crippen molar-refractivity contribution in [1.29, 1.82) is 0 Å². The van der Waals surface area contributed by atoms with Crippen molar-refractivity contribution in [2.24, 2.45) is 5.92 Å². The van der Waals surface area contributed by atoms with Crippen molar-refractivity contribution >= 4 is 11.9 Å². The summed E-state index contributed by atoms with van der Waals surface area (Å²) in [6, 6.07) is 0. The molecule has 0 aromatic rings. The van der Waals surface area contributed by atoms with Crippen molar-refractivity contribution in [2.45, 2.75) is 39.0 Å². The second-order valence-corrected chi connectivity index (χ2v) is 5.98. The first-order valence-corrected chi connectivity index (χ1v) is 9.00. The predicted octanol–water partition coefficient (Wildman–Crippen LogP) is 2.82. The van der Waals surface area contributed by atoms with E-state index in [4.69, 9.17) is 18.9 Å². The highest BCUT2D eigenvalue weighted by atomic mass is 16.6. The molecule has 0 saturated heterocycles. The van der Waals surface area contributed by atoms with E-state index in [-0.39, 0.29) is 25.2 Å². The first-order valence-electron chi connectivity index (χ1n) is 9.00. The number of allylic oxidation sites excluding steroid dienone is 2. The molecule has 0 aromatic heterocycles. The van der Waals surface area contributed by atoms with Gasteiger partial charge in [0.25, 0.3) is 0 Å². The number of esters is 2. The lowest BCUT2D eigenvalue weighted by molar-refractivity contribution is -0.141. The molecule has 0 bridgehead atoms. The molecule has 1 heterocycles. The maximum atomic E-state index is 11.5. The largest absolute Gasteiger partial charge is 0.460 e. The van der Waals surface area contributed by atoms with Crippen LogP contribution in [0, 0.1) is 5.92 Å². The summed E-state index contributed by atoms with van der Waals surface area (Å²) in [5.74, 6) is -0.0898. The summed E-state index contributed by atoms with van der Waals surface area (Å²) in [6.45, 7) is 4.12. The van der Waals surface area contributed by atoms with Gasteiger partial charge in [0.2, 0.25) is 0 Å². The highest BCUT2D eigenvalue weighted by Gasteiger charge is 2.02. The molecule has 1 atom stereocenters. The average molecular weight is 354 g/mol. The Morgan fingerprint density at radius 3 is 1.88 bits per heavy atom. The Bertz CT molecular complexity index is 430. The molecule has 0 aliphatic carbocycles. The van der Waals surface area contributed by atoms with Crippen LogP contribution in [0.3, 0.4) is 0 Å². The predicted molar refractivity (Wildman–Crippen MR) is 94.1 cm³/mol. The summed E-state index contributed by atoms with van der Waals surface area (Å²) in [7, 11) is 0. The van der Waals surface area contributed by atoms with E-state index in [2.05, 4.69) is 6.92 Å². The minimum atomic E-state index is -0.332. The summed E-state index contributed by atoms with van der Waals surface area (Å²) < 4.78 is 20.6. The van der Waals surface area contributed by atoms with Crippen molar-refractivity contribution in [2.75, 3.05) is 39.6 Å². The first kappa shape index (κ1) is 21.4. The van der Waals surface area contributed by atoms with Gasteiger partial charge in [0, 0.05) is 12.2 Å². The maximum absolute atomic E-state index is 11.5. The SMILES string of the molecule is CC1CCC=CC(=O)OCCOCCOCCOC(=O)C=CCCC1. The van der Waals surface area contributed by atoms with E-state index in [1.54, 1.807) is 0 Å². The van der Waals surface area contributed by atoms with Crippen LogP contribution in [0.1, 0.15) is 39.0 Å². The molecule has 0 aromatic carbocycles. The van der Waals surface area contributed by atoms with Gasteiger partial charge >= 0.3 is 11.9 Å². The molecule has 0 radical (unpaired) electrons. The summed E-state index contributed by atoms with van der Waals surface area (Å²) >= 11 is 0. The molecule has 0 amide bonds. The van der Waals surface area contributed by atoms with Crippen LogP contribution in [0.15, 0.2) is 24.3 Å². The number of cyclic esters (lactones) is 2. The zero-order chi connectivity index (χ0) is 18.2. The number of hydrogen-bond acceptors (Lipinski definition) is 6. The normalized spacial score (nSPS) is 23.8. The zero-order valence-electron chi connectivity index (χ0n) is 15.1. The fourth-order valence-electron chi connectivity index (χ4n) is 2.29. The van der Waals surface area contributed by atoms with Crippen LogP contribution in [-0.4, -0.2) is 51.6 Å². The van der Waals surface area contributed by atoms with Crippen LogP contribution in [0.4, 0.5) is 0 Å². The van der Waals surface area contributed by atoms with Crippen molar-refractivity contribution < 1.29 is 28.5 Å². The standard InChI is InChI=1S/C19H30O6/c1-17-7-3-2-4-9-18(20)24-15-13-22-11-12-23-14-16-25-19(21)10-6-5-8-17/h4,6,9-10,17H,2-3,5,7-8,11-16H2,1H3. The molecule has 0 saturated carbocycles. The van der Waals surface area contributed by atoms with Gasteiger partial charge in [-0.25, -0.2) is 9.59 Å². The Hall–Kier alpha value is -1.66. The quantitative estimate of drug-likeness (QED) is 0.623. The fraction of sp³-hybridized carbons (Fsp3) is 0.684. The third kappa shape index (κ3) is 13.3. The smallest absolute Gasteiger partial charge is 0.330 e. The number of carbonyl (C=O) groups is 2. The van der Waals surface area contributed by atoms with Crippen molar-refractivity contribution in [3.63, 3.8) is 0 Å². The van der Waals surface area contributed by atoms with Crippen LogP contribution in [0.2, 0.25) is 0 Å². The van der Waals surface area contributed by atoms with Crippen molar-refractivity contribution in [1.82, 2.24) is 0 Å². The van der Waals surface area contributed by atoms with E-state index in [0.29, 0.717) is 32.3 Å². The van der Waals surface area contributed by atoms with Gasteiger partial charge < -0.3 is 18.9 Å². The molecule has 1 aliphatic rings. The summed E-state index contributed by atoms with van der Waals surface area (Å²) in [6.07, 6.45) is 11.5. The molecule has 1 unspecified atom stereocenters. The molecule has 1 rings (SSSR count). The lowest BCUT2D eigenvalue weighted by Crippen LogP contribution is -2.14. The molecule has 0 fully saturated rings. The Morgan fingerprint density at radius 2 is 1.28 bits per heavy atom. The monoisotopic (exact) mass is 354 g/mol. The minimum Gasteiger partial charge on any atom is -0.460 e. The first-order chi connectivity index (χ1) is 12.2. The van der Waals surface area contributed by atoms with Gasteiger partial charge in [-0.15, -0.1) is 0 Å². The Labute approximate surface area is 150 Å². The molecule has 25 heavy (non-hydrogen) atoms. The lowest BCUT2D eigenvalue weighted by Gasteiger charge is -2.08. The van der Waals surface area contributed by atoms with Crippen LogP contribution in [0.25, 0.3) is 0 Å². The summed E-state index contributed by atoms with van der Waals surface area (Å²) in [4.78, 5) is 23.0. The second kappa shape index (κ2) is 14.7. The third-order valence-corrected chi connectivity index (χ3v) is 3.72. The van der Waals surface area contributed by atoms with Gasteiger partial charge in [0.15, 0.2) is 0 Å². The summed E-state index contributed by atoms with van der Waals surface area (Å²) in [5, 5.41) is 0. The van der Waals surface area contributed by atoms with Crippen molar-refractivity contribution in [3.8, 4) is 0 Å². The van der Waals surface area contributed by atoms with Gasteiger partial charge in [-0.2, -0.15) is 0 Å². The average Bonchev–Trinajstić information content (AvgIpc) is 2.59. The van der Waals surface area contributed by atoms with Crippen LogP contribution >= 0.6 is 0 Å². The van der Waals surface area contributed by atoms with E-state index >= 15 is 0 Å². The van der Waals surface area contributed by atoms with E-state index in [9.17, 15) is 9.59 Å². The van der Waals surface area contributed by atoms with Gasteiger partial charge in [-0.1, -0.05) is 25.5 Å². The number of hydrogen-bond donors (Lipinski definition) is 0. The van der Waals surface area contributed by atoms with Gasteiger partial charge in [-0.05, 0) is 31.6 Å². The molecule has 6 nitrogen and oxygen atoms in total. The van der Waals surface area contributed by atoms with Crippen LogP contribution < -0.4 is 0 Å². The molecule has 142 valence electrons. The fourth-order valence-corrected chi connectivity index (χ4v) is 2.29. The minimum absolute atomic E-state index is 0.226. The summed E-state index contributed by atoms with van der Waals surface area (Å²) in [5.41, 5.74) is 0. The number of ether oxygens (including phenoxy) is 4. The van der Waals surface area contributed by atoms with Gasteiger partial charge in [0.1, 0.15) is 13.2 Å². The van der Waals surface area contributed by atoms with Crippen LogP contribution in [0.5, 0.6) is 0 Å². The molecule has 0 N–H and O–H groups in total. The molecule has 6 heteroatoms. The topological polar surface area (TPSA) is 71.1 Å². The highest BCUT2D eigenvalue weighted by Crippen LogP contribution is 2.14. The molecule has 1 aliphatic heterocycles. The molecular weight excluding hydrogens is 324 g/mol. The number of carbonyl (C=O) groups excluding carboxylic acids is 2. The van der Waals surface area contributed by atoms with Gasteiger partial charge in [-0.3, -0.25) is 0 Å². The Balaban J connectivity index is 2.34. The second-order valence-electron chi connectivity index (χ2n) is 5.98. The lowest BCUT2D eigenvalue weighted by atomic mass is 9.98. The molecule has 0 spiro atoms. The van der Waals surface area contributed by atoms with E-state index in [0.717, 1.165) is 32.1 Å². The van der Waals surface area contributed by atoms with Gasteiger partial charge in [0.05, 0.1) is 26.4 Å². The highest BCUT2D eigenvalue weighted by molar-refractivity contribution is 5.82. The van der Waals surface area contributed by atoms with E-state index < -0.39 is 0 Å². The van der Waals surface area contributed by atoms with Crippen molar-refractivity contribution in [3.05, 3.63) is 24.3 Å². The Morgan fingerprint density at radius 1 is 0.760 bits per heavy atom. The third-order valence-electron chi connectivity index (χ3n) is 3.72. The zero-order valence-corrected chi connectivity index (χ0v) is 15.1. The molecular formula is C19H30O6. The maximum Gasteiger partial charge on any atom is 0.330 e. The Kier molecular flexibility index (Phi) is 12.5.